The first kappa shape index (κ1) is 25.9. The minimum atomic E-state index is -0.861. The largest absolute Gasteiger partial charge is 0.490 e. The van der Waals surface area contributed by atoms with Crippen LogP contribution in [0.5, 0.6) is 5.75 Å². The van der Waals surface area contributed by atoms with E-state index in [1.165, 1.54) is 6.92 Å². The third kappa shape index (κ3) is 7.15. The van der Waals surface area contributed by atoms with Crippen LogP contribution in [0.15, 0.2) is 42.5 Å². The summed E-state index contributed by atoms with van der Waals surface area (Å²) in [4.78, 5) is 32.1. The summed E-state index contributed by atoms with van der Waals surface area (Å²) in [7, 11) is 0. The predicted octanol–water partition coefficient (Wildman–Crippen LogP) is 0.712. The van der Waals surface area contributed by atoms with Gasteiger partial charge in [-0.2, -0.15) is 0 Å². The highest BCUT2D eigenvalue weighted by Crippen LogP contribution is 2.25. The van der Waals surface area contributed by atoms with E-state index in [2.05, 4.69) is 25.9 Å². The summed E-state index contributed by atoms with van der Waals surface area (Å²) in [5.74, 6) is -0.687. The number of aliphatic hydroxyl groups is 1. The normalized spacial score (nSPS) is 12.7. The molecule has 0 fully saturated rings. The van der Waals surface area contributed by atoms with Crippen molar-refractivity contribution in [3.63, 3.8) is 0 Å². The van der Waals surface area contributed by atoms with Gasteiger partial charge in [0.05, 0.1) is 0 Å². The van der Waals surface area contributed by atoms with E-state index in [1.807, 2.05) is 42.5 Å². The molecule has 1 heterocycles. The van der Waals surface area contributed by atoms with Crippen LogP contribution in [0.3, 0.4) is 0 Å². The van der Waals surface area contributed by atoms with E-state index in [-0.39, 0.29) is 42.2 Å². The zero-order chi connectivity index (χ0) is 25.4. The molecule has 1 unspecified atom stereocenters. The lowest BCUT2D eigenvalue weighted by atomic mass is 10.1. The molecule has 3 aromatic rings. The van der Waals surface area contributed by atoms with Crippen LogP contribution in [0.1, 0.15) is 17.4 Å². The number of halogens is 1. The molecule has 0 bridgehead atoms. The molecule has 0 aliphatic heterocycles. The van der Waals surface area contributed by atoms with Crippen LogP contribution >= 0.6 is 11.6 Å². The Morgan fingerprint density at radius 3 is 2.63 bits per heavy atom. The number of nitrogens with zero attached hydrogens (tertiary/aromatic N) is 2. The Kier molecular flexibility index (Phi) is 9.01. The van der Waals surface area contributed by atoms with Gasteiger partial charge in [-0.1, -0.05) is 48.0 Å². The summed E-state index contributed by atoms with van der Waals surface area (Å²) in [6, 6.07) is 12.8. The van der Waals surface area contributed by atoms with E-state index in [9.17, 15) is 14.7 Å². The van der Waals surface area contributed by atoms with E-state index in [0.29, 0.717) is 12.3 Å². The smallest absolute Gasteiger partial charge is 0.274 e. The average Bonchev–Trinajstić information content (AvgIpc) is 2.84. The highest BCUT2D eigenvalue weighted by Gasteiger charge is 2.21. The number of aromatic nitrogens is 2. The van der Waals surface area contributed by atoms with Crippen LogP contribution in [0.25, 0.3) is 10.8 Å². The van der Waals surface area contributed by atoms with Gasteiger partial charge in [-0.25, -0.2) is 9.97 Å². The number of nitrogens with one attached hydrogen (secondary N) is 3. The lowest BCUT2D eigenvalue weighted by Gasteiger charge is -2.16. The lowest BCUT2D eigenvalue weighted by molar-refractivity contribution is -0.122. The molecule has 0 saturated heterocycles. The van der Waals surface area contributed by atoms with E-state index < -0.39 is 24.0 Å². The zero-order valence-electron chi connectivity index (χ0n) is 19.1. The highest BCUT2D eigenvalue weighted by atomic mass is 35.5. The van der Waals surface area contributed by atoms with Gasteiger partial charge in [-0.15, -0.1) is 0 Å². The van der Waals surface area contributed by atoms with Gasteiger partial charge in [0.1, 0.15) is 24.5 Å². The minimum absolute atomic E-state index is 0.0933. The monoisotopic (exact) mass is 501 g/mol. The van der Waals surface area contributed by atoms with Gasteiger partial charge in [0.15, 0.2) is 22.5 Å². The molecule has 11 nitrogen and oxygen atoms in total. The number of nitrogen functional groups attached to an aromatic ring is 2. The number of aliphatic hydroxyl groups excluding tert-OH is 1. The molecule has 2 aromatic carbocycles. The van der Waals surface area contributed by atoms with Crippen LogP contribution < -0.4 is 32.2 Å². The van der Waals surface area contributed by atoms with Gasteiger partial charge >= 0.3 is 0 Å². The summed E-state index contributed by atoms with van der Waals surface area (Å²) in [5.41, 5.74) is 10.9. The molecule has 186 valence electrons. The Balaban J connectivity index is 1.34. The van der Waals surface area contributed by atoms with E-state index in [4.69, 9.17) is 27.8 Å². The summed E-state index contributed by atoms with van der Waals surface area (Å²) in [6.07, 6.45) is -0.735. The van der Waals surface area contributed by atoms with E-state index in [1.54, 1.807) is 0 Å². The average molecular weight is 502 g/mol. The first-order valence-corrected chi connectivity index (χ1v) is 11.3. The third-order valence-electron chi connectivity index (χ3n) is 5.02. The van der Waals surface area contributed by atoms with Crippen LogP contribution in [-0.4, -0.2) is 65.3 Å². The number of carbonyl (C=O) groups is 2. The molecule has 12 heteroatoms. The number of fused-ring (bicyclic) bond motifs is 1. The molecule has 35 heavy (non-hydrogen) atoms. The van der Waals surface area contributed by atoms with Crippen LogP contribution in [-0.2, 0) is 4.79 Å². The van der Waals surface area contributed by atoms with Gasteiger partial charge in [-0.05, 0) is 18.4 Å². The maximum absolute atomic E-state index is 12.3. The molecule has 2 atom stereocenters. The van der Waals surface area contributed by atoms with Crippen molar-refractivity contribution in [1.29, 1.82) is 0 Å². The molecule has 1 aromatic heterocycles. The molecule has 8 N–H and O–H groups in total. The number of benzene rings is 2. The fraction of sp³-hybridized carbons (Fsp3) is 0.304. The first-order chi connectivity index (χ1) is 16.8. The molecule has 0 radical (unpaired) electrons. The van der Waals surface area contributed by atoms with Crippen LogP contribution in [0.4, 0.5) is 11.6 Å². The SMILES string of the molecule is C[C@H](NC(=O)c1nc(Cl)c(N)nc1N)C(=O)NCCNCC(O)COc1cccc2ccccc12. The Morgan fingerprint density at radius 1 is 1.09 bits per heavy atom. The fourth-order valence-corrected chi connectivity index (χ4v) is 3.33. The van der Waals surface area contributed by atoms with Crippen molar-refractivity contribution in [1.82, 2.24) is 25.9 Å². The zero-order valence-corrected chi connectivity index (χ0v) is 19.9. The third-order valence-corrected chi connectivity index (χ3v) is 5.30. The van der Waals surface area contributed by atoms with Crippen molar-refractivity contribution in [2.24, 2.45) is 0 Å². The highest BCUT2D eigenvalue weighted by molar-refractivity contribution is 6.31. The molecular weight excluding hydrogens is 474 g/mol. The molecule has 2 amide bonds. The number of hydrogen-bond donors (Lipinski definition) is 6. The Morgan fingerprint density at radius 2 is 1.83 bits per heavy atom. The molecular formula is C23H28ClN7O4. The first-order valence-electron chi connectivity index (χ1n) is 10.9. The summed E-state index contributed by atoms with van der Waals surface area (Å²) >= 11 is 5.78. The van der Waals surface area contributed by atoms with Gasteiger partial charge in [0.2, 0.25) is 5.91 Å². The summed E-state index contributed by atoms with van der Waals surface area (Å²) < 4.78 is 5.77. The van der Waals surface area contributed by atoms with Crippen molar-refractivity contribution < 1.29 is 19.4 Å². The lowest BCUT2D eigenvalue weighted by Crippen LogP contribution is -2.47. The minimum Gasteiger partial charge on any atom is -0.490 e. The van der Waals surface area contributed by atoms with Crippen LogP contribution in [0, 0.1) is 0 Å². The second kappa shape index (κ2) is 12.2. The maximum Gasteiger partial charge on any atom is 0.274 e. The van der Waals surface area contributed by atoms with Crippen molar-refractivity contribution in [3.8, 4) is 5.75 Å². The van der Waals surface area contributed by atoms with Gasteiger partial charge in [-0.3, -0.25) is 9.59 Å². The summed E-state index contributed by atoms with van der Waals surface area (Å²) in [5, 5.41) is 20.3. The fourth-order valence-electron chi connectivity index (χ4n) is 3.20. The Bertz CT molecular complexity index is 1190. The van der Waals surface area contributed by atoms with Crippen molar-refractivity contribution in [2.75, 3.05) is 37.7 Å². The second-order valence-corrected chi connectivity index (χ2v) is 8.12. The molecule has 3 rings (SSSR count). The number of hydrogen-bond acceptors (Lipinski definition) is 9. The van der Waals surface area contributed by atoms with Crippen molar-refractivity contribution in [2.45, 2.75) is 19.1 Å². The van der Waals surface area contributed by atoms with Gasteiger partial charge in [0, 0.05) is 25.0 Å². The topological polar surface area (TPSA) is 178 Å². The number of amides is 2. The van der Waals surface area contributed by atoms with Crippen molar-refractivity contribution >= 4 is 45.8 Å². The molecule has 0 aliphatic carbocycles. The Hall–Kier alpha value is -3.67. The molecule has 0 spiro atoms. The Labute approximate surface area is 207 Å². The number of ether oxygens (including phenoxy) is 1. The van der Waals surface area contributed by atoms with E-state index in [0.717, 1.165) is 10.8 Å². The second-order valence-electron chi connectivity index (χ2n) is 7.77. The molecule has 0 saturated carbocycles. The maximum atomic E-state index is 12.3. The predicted molar refractivity (Wildman–Crippen MR) is 134 cm³/mol. The summed E-state index contributed by atoms with van der Waals surface area (Å²) in [6.45, 7) is 2.60. The van der Waals surface area contributed by atoms with E-state index >= 15 is 0 Å². The number of nitrogens with two attached hydrogens (primary N) is 2. The van der Waals surface area contributed by atoms with Crippen LogP contribution in [0.2, 0.25) is 5.15 Å². The number of carbonyl (C=O) groups excluding carboxylic acids is 2. The van der Waals surface area contributed by atoms with Crippen molar-refractivity contribution in [3.05, 3.63) is 53.3 Å². The number of rotatable bonds is 11. The van der Waals surface area contributed by atoms with Gasteiger partial charge in [0.25, 0.3) is 5.91 Å². The number of anilines is 2. The quantitative estimate of drug-likeness (QED) is 0.206. The standard InChI is InChI=1S/C23H28ClN7O4/c1-13(29-23(34)18-20(25)31-21(26)19(24)30-18)22(33)28-10-9-27-11-15(32)12-35-17-8-4-6-14-5-2-3-7-16(14)17/h2-8,13,15,27,32H,9-12H2,1H3,(H,28,33)(H,29,34)(H4,25,26,31)/t13-,15?/m0/s1. The van der Waals surface area contributed by atoms with Gasteiger partial charge < -0.3 is 37.3 Å². The molecule has 0 aliphatic rings.